The third-order valence-electron chi connectivity index (χ3n) is 3.93. The number of likely N-dealkylation sites (N-methyl/N-ethyl adjacent to an activating group) is 1. The van der Waals surface area contributed by atoms with E-state index in [2.05, 4.69) is 36.0 Å². The van der Waals surface area contributed by atoms with Crippen molar-refractivity contribution in [2.75, 3.05) is 46.3 Å². The van der Waals surface area contributed by atoms with Gasteiger partial charge in [0.15, 0.2) is 0 Å². The van der Waals surface area contributed by atoms with Gasteiger partial charge in [-0.25, -0.2) is 0 Å². The molecule has 0 spiro atoms. The van der Waals surface area contributed by atoms with Crippen molar-refractivity contribution in [1.29, 1.82) is 0 Å². The van der Waals surface area contributed by atoms with Gasteiger partial charge >= 0.3 is 0 Å². The van der Waals surface area contributed by atoms with E-state index >= 15 is 0 Å². The van der Waals surface area contributed by atoms with Crippen LogP contribution in [0.3, 0.4) is 0 Å². The van der Waals surface area contributed by atoms with Gasteiger partial charge < -0.3 is 20.2 Å². The van der Waals surface area contributed by atoms with Gasteiger partial charge in [-0.05, 0) is 52.5 Å². The van der Waals surface area contributed by atoms with E-state index in [0.29, 0.717) is 12.6 Å². The van der Waals surface area contributed by atoms with Gasteiger partial charge in [-0.15, -0.1) is 0 Å². The predicted molar refractivity (Wildman–Crippen MR) is 76.9 cm³/mol. The van der Waals surface area contributed by atoms with Crippen LogP contribution in [-0.4, -0.2) is 73.4 Å². The second-order valence-electron chi connectivity index (χ2n) is 5.46. The number of piperidine rings is 1. The Balaban J connectivity index is 2.17. The van der Waals surface area contributed by atoms with Crippen LogP contribution < -0.4 is 5.32 Å². The number of nitrogens with zero attached hydrogens (tertiary/aromatic N) is 2. The maximum absolute atomic E-state index is 9.96. The molecule has 0 aromatic heterocycles. The summed E-state index contributed by atoms with van der Waals surface area (Å²) < 4.78 is 0. The van der Waals surface area contributed by atoms with E-state index in [1.54, 1.807) is 0 Å². The fourth-order valence-corrected chi connectivity index (χ4v) is 2.67. The minimum atomic E-state index is -0.245. The van der Waals surface area contributed by atoms with Crippen molar-refractivity contribution in [2.24, 2.45) is 0 Å². The SMILES string of the molecule is CCCNCC(O)CN(C)C1CCN(CC)CC1. The fourth-order valence-electron chi connectivity index (χ4n) is 2.67. The molecule has 1 fully saturated rings. The van der Waals surface area contributed by atoms with Crippen LogP contribution in [-0.2, 0) is 0 Å². The molecular formula is C14H31N3O. The highest BCUT2D eigenvalue weighted by Crippen LogP contribution is 2.15. The summed E-state index contributed by atoms with van der Waals surface area (Å²) in [4.78, 5) is 4.84. The maximum Gasteiger partial charge on any atom is 0.0791 e. The second-order valence-corrected chi connectivity index (χ2v) is 5.46. The van der Waals surface area contributed by atoms with Gasteiger partial charge in [-0.1, -0.05) is 13.8 Å². The molecule has 0 bridgehead atoms. The van der Waals surface area contributed by atoms with Gasteiger partial charge in [0.1, 0.15) is 0 Å². The molecule has 0 saturated carbocycles. The number of aliphatic hydroxyl groups is 1. The van der Waals surface area contributed by atoms with E-state index in [1.807, 2.05) is 0 Å². The maximum atomic E-state index is 9.96. The van der Waals surface area contributed by atoms with Gasteiger partial charge in [-0.3, -0.25) is 0 Å². The Morgan fingerprint density at radius 1 is 1.33 bits per heavy atom. The molecular weight excluding hydrogens is 226 g/mol. The highest BCUT2D eigenvalue weighted by molar-refractivity contribution is 4.79. The minimum Gasteiger partial charge on any atom is -0.390 e. The number of hydrogen-bond donors (Lipinski definition) is 2. The lowest BCUT2D eigenvalue weighted by Gasteiger charge is -2.37. The lowest BCUT2D eigenvalue weighted by molar-refractivity contribution is 0.0748. The Bertz CT molecular complexity index is 205. The second kappa shape index (κ2) is 8.86. The standard InChI is InChI=1S/C14H31N3O/c1-4-8-15-11-14(18)12-16(3)13-6-9-17(5-2)10-7-13/h13-15,18H,4-12H2,1-3H3. The summed E-state index contributed by atoms with van der Waals surface area (Å²) in [5, 5.41) is 13.2. The smallest absolute Gasteiger partial charge is 0.0791 e. The largest absolute Gasteiger partial charge is 0.390 e. The van der Waals surface area contributed by atoms with E-state index < -0.39 is 0 Å². The van der Waals surface area contributed by atoms with E-state index in [4.69, 9.17) is 0 Å². The zero-order chi connectivity index (χ0) is 13.4. The molecule has 1 saturated heterocycles. The van der Waals surface area contributed by atoms with Crippen molar-refractivity contribution in [3.8, 4) is 0 Å². The van der Waals surface area contributed by atoms with E-state index in [-0.39, 0.29) is 6.10 Å². The zero-order valence-electron chi connectivity index (χ0n) is 12.4. The minimum absolute atomic E-state index is 0.245. The number of hydrogen-bond acceptors (Lipinski definition) is 4. The van der Waals surface area contributed by atoms with Crippen molar-refractivity contribution in [3.63, 3.8) is 0 Å². The van der Waals surface area contributed by atoms with E-state index in [9.17, 15) is 5.11 Å². The summed E-state index contributed by atoms with van der Waals surface area (Å²) in [6.45, 7) is 10.4. The van der Waals surface area contributed by atoms with Crippen LogP contribution in [0, 0.1) is 0 Å². The number of nitrogens with one attached hydrogen (secondary N) is 1. The van der Waals surface area contributed by atoms with Crippen LogP contribution in [0.4, 0.5) is 0 Å². The molecule has 18 heavy (non-hydrogen) atoms. The van der Waals surface area contributed by atoms with Crippen molar-refractivity contribution >= 4 is 0 Å². The van der Waals surface area contributed by atoms with Crippen molar-refractivity contribution < 1.29 is 5.11 Å². The Morgan fingerprint density at radius 3 is 2.56 bits per heavy atom. The summed E-state index contributed by atoms with van der Waals surface area (Å²) in [7, 11) is 2.15. The molecule has 0 aliphatic carbocycles. The summed E-state index contributed by atoms with van der Waals surface area (Å²) in [5.41, 5.74) is 0. The molecule has 1 unspecified atom stereocenters. The highest BCUT2D eigenvalue weighted by Gasteiger charge is 2.22. The molecule has 1 aliphatic heterocycles. The zero-order valence-corrected chi connectivity index (χ0v) is 12.4. The van der Waals surface area contributed by atoms with Gasteiger partial charge in [0.2, 0.25) is 0 Å². The molecule has 0 aromatic rings. The molecule has 4 nitrogen and oxygen atoms in total. The highest BCUT2D eigenvalue weighted by atomic mass is 16.3. The van der Waals surface area contributed by atoms with Crippen molar-refractivity contribution in [2.45, 2.75) is 45.3 Å². The molecule has 0 radical (unpaired) electrons. The predicted octanol–water partition coefficient (Wildman–Crippen LogP) is 0.763. The molecule has 108 valence electrons. The van der Waals surface area contributed by atoms with Gasteiger partial charge in [0, 0.05) is 19.1 Å². The van der Waals surface area contributed by atoms with Crippen LogP contribution >= 0.6 is 0 Å². The topological polar surface area (TPSA) is 38.7 Å². The molecule has 4 heteroatoms. The first-order chi connectivity index (χ1) is 8.67. The summed E-state index contributed by atoms with van der Waals surface area (Å²) in [5.74, 6) is 0. The van der Waals surface area contributed by atoms with E-state index in [1.165, 1.54) is 32.5 Å². The molecule has 0 aromatic carbocycles. The van der Waals surface area contributed by atoms with Crippen LogP contribution in [0.25, 0.3) is 0 Å². The first-order valence-electron chi connectivity index (χ1n) is 7.48. The van der Waals surface area contributed by atoms with Gasteiger partial charge in [-0.2, -0.15) is 0 Å². The fraction of sp³-hybridized carbons (Fsp3) is 1.00. The van der Waals surface area contributed by atoms with Gasteiger partial charge in [0.05, 0.1) is 6.10 Å². The molecule has 2 N–H and O–H groups in total. The number of aliphatic hydroxyl groups excluding tert-OH is 1. The normalized spacial score (nSPS) is 20.5. The lowest BCUT2D eigenvalue weighted by atomic mass is 10.0. The third kappa shape index (κ3) is 5.65. The quantitative estimate of drug-likeness (QED) is 0.630. The first kappa shape index (κ1) is 15.9. The van der Waals surface area contributed by atoms with Crippen LogP contribution in [0.5, 0.6) is 0 Å². The molecule has 1 heterocycles. The summed E-state index contributed by atoms with van der Waals surface area (Å²) in [6.07, 6.45) is 3.35. The Labute approximate surface area is 112 Å². The molecule has 0 amide bonds. The monoisotopic (exact) mass is 257 g/mol. The van der Waals surface area contributed by atoms with Gasteiger partial charge in [0.25, 0.3) is 0 Å². The molecule has 1 atom stereocenters. The Hall–Kier alpha value is -0.160. The Kier molecular flexibility index (Phi) is 7.82. The molecule has 1 rings (SSSR count). The van der Waals surface area contributed by atoms with Crippen molar-refractivity contribution in [3.05, 3.63) is 0 Å². The van der Waals surface area contributed by atoms with Crippen LogP contribution in [0.2, 0.25) is 0 Å². The van der Waals surface area contributed by atoms with Crippen LogP contribution in [0.15, 0.2) is 0 Å². The molecule has 1 aliphatic rings. The average molecular weight is 257 g/mol. The summed E-state index contributed by atoms with van der Waals surface area (Å²) in [6, 6.07) is 0.647. The van der Waals surface area contributed by atoms with E-state index in [0.717, 1.165) is 19.5 Å². The summed E-state index contributed by atoms with van der Waals surface area (Å²) >= 11 is 0. The Morgan fingerprint density at radius 2 is 2.00 bits per heavy atom. The number of likely N-dealkylation sites (tertiary alicyclic amines) is 1. The first-order valence-corrected chi connectivity index (χ1v) is 7.48. The third-order valence-corrected chi connectivity index (χ3v) is 3.93. The lowest BCUT2D eigenvalue weighted by Crippen LogP contribution is -2.46. The average Bonchev–Trinajstić information content (AvgIpc) is 2.39. The number of rotatable bonds is 8. The van der Waals surface area contributed by atoms with Crippen LogP contribution in [0.1, 0.15) is 33.1 Å². The van der Waals surface area contributed by atoms with Crippen molar-refractivity contribution in [1.82, 2.24) is 15.1 Å².